The molecular formula is C22H18Cl2N2O2S. The normalized spacial score (nSPS) is 11.6. The number of carbonyl (C=O) groups is 2. The van der Waals surface area contributed by atoms with Crippen molar-refractivity contribution in [2.75, 3.05) is 10.6 Å². The van der Waals surface area contributed by atoms with Crippen molar-refractivity contribution in [2.45, 2.75) is 17.1 Å². The van der Waals surface area contributed by atoms with Gasteiger partial charge in [-0.2, -0.15) is 0 Å². The van der Waals surface area contributed by atoms with Crippen molar-refractivity contribution in [3.63, 3.8) is 0 Å². The maximum absolute atomic E-state index is 13.1. The van der Waals surface area contributed by atoms with Crippen molar-refractivity contribution in [2.24, 2.45) is 0 Å². The third kappa shape index (κ3) is 6.26. The van der Waals surface area contributed by atoms with Crippen molar-refractivity contribution < 1.29 is 9.59 Å². The molecule has 0 radical (unpaired) electrons. The SMILES string of the molecule is CC(=O)Nc1ccc(SC(C(=O)Nc2cc(Cl)cc(Cl)c2)c2ccccc2)cc1. The van der Waals surface area contributed by atoms with E-state index in [0.717, 1.165) is 10.5 Å². The van der Waals surface area contributed by atoms with Gasteiger partial charge in [-0.05, 0) is 48.0 Å². The largest absolute Gasteiger partial charge is 0.326 e. The van der Waals surface area contributed by atoms with E-state index >= 15 is 0 Å². The van der Waals surface area contributed by atoms with Crippen molar-refractivity contribution in [1.29, 1.82) is 0 Å². The van der Waals surface area contributed by atoms with Gasteiger partial charge >= 0.3 is 0 Å². The Morgan fingerprint density at radius 1 is 0.828 bits per heavy atom. The van der Waals surface area contributed by atoms with Crippen LogP contribution in [0.3, 0.4) is 0 Å². The van der Waals surface area contributed by atoms with Crippen molar-refractivity contribution in [1.82, 2.24) is 0 Å². The number of anilines is 2. The minimum atomic E-state index is -0.486. The van der Waals surface area contributed by atoms with Crippen LogP contribution in [0.2, 0.25) is 10.0 Å². The Balaban J connectivity index is 1.83. The fraction of sp³-hybridized carbons (Fsp3) is 0.0909. The molecule has 0 aliphatic heterocycles. The Morgan fingerprint density at radius 3 is 2.03 bits per heavy atom. The Labute approximate surface area is 183 Å². The van der Waals surface area contributed by atoms with Crippen LogP contribution in [0, 0.1) is 0 Å². The number of hydrogen-bond donors (Lipinski definition) is 2. The second-order valence-corrected chi connectivity index (χ2v) is 8.31. The van der Waals surface area contributed by atoms with Crippen LogP contribution in [0.5, 0.6) is 0 Å². The lowest BCUT2D eigenvalue weighted by molar-refractivity contribution is -0.116. The topological polar surface area (TPSA) is 58.2 Å². The minimum Gasteiger partial charge on any atom is -0.326 e. The first-order valence-electron chi connectivity index (χ1n) is 8.77. The van der Waals surface area contributed by atoms with Gasteiger partial charge in [-0.25, -0.2) is 0 Å². The number of hydrogen-bond acceptors (Lipinski definition) is 3. The van der Waals surface area contributed by atoms with Crippen LogP contribution in [0.1, 0.15) is 17.7 Å². The average molecular weight is 445 g/mol. The zero-order valence-corrected chi connectivity index (χ0v) is 17.8. The summed E-state index contributed by atoms with van der Waals surface area (Å²) in [5.41, 5.74) is 2.11. The van der Waals surface area contributed by atoms with E-state index in [1.54, 1.807) is 30.3 Å². The monoisotopic (exact) mass is 444 g/mol. The Hall–Kier alpha value is -2.47. The predicted molar refractivity (Wildman–Crippen MR) is 121 cm³/mol. The predicted octanol–water partition coefficient (Wildman–Crippen LogP) is 6.42. The minimum absolute atomic E-state index is 0.132. The van der Waals surface area contributed by atoms with Gasteiger partial charge in [-0.1, -0.05) is 53.5 Å². The first-order valence-corrected chi connectivity index (χ1v) is 10.4. The number of rotatable bonds is 6. The highest BCUT2D eigenvalue weighted by atomic mass is 35.5. The van der Waals surface area contributed by atoms with Crippen LogP contribution >= 0.6 is 35.0 Å². The molecule has 29 heavy (non-hydrogen) atoms. The van der Waals surface area contributed by atoms with Crippen LogP contribution in [0.4, 0.5) is 11.4 Å². The van der Waals surface area contributed by atoms with Gasteiger partial charge in [0, 0.05) is 33.2 Å². The first-order chi connectivity index (χ1) is 13.9. The third-order valence-corrected chi connectivity index (χ3v) is 5.60. The number of nitrogens with one attached hydrogen (secondary N) is 2. The summed E-state index contributed by atoms with van der Waals surface area (Å²) in [6.07, 6.45) is 0. The molecule has 0 aliphatic rings. The molecule has 7 heteroatoms. The third-order valence-electron chi connectivity index (χ3n) is 3.90. The molecule has 0 spiro atoms. The summed E-state index contributed by atoms with van der Waals surface area (Å²) in [6, 6.07) is 21.8. The number of thioether (sulfide) groups is 1. The van der Waals surface area contributed by atoms with E-state index in [4.69, 9.17) is 23.2 Å². The quantitative estimate of drug-likeness (QED) is 0.430. The summed E-state index contributed by atoms with van der Waals surface area (Å²) in [5, 5.41) is 6.04. The smallest absolute Gasteiger partial charge is 0.242 e. The van der Waals surface area contributed by atoms with Crippen LogP contribution in [0.15, 0.2) is 77.7 Å². The fourth-order valence-electron chi connectivity index (χ4n) is 2.69. The average Bonchev–Trinajstić information content (AvgIpc) is 2.66. The van der Waals surface area contributed by atoms with E-state index < -0.39 is 5.25 Å². The summed E-state index contributed by atoms with van der Waals surface area (Å²) in [5.74, 6) is -0.322. The summed E-state index contributed by atoms with van der Waals surface area (Å²) in [4.78, 5) is 25.2. The molecule has 2 N–H and O–H groups in total. The maximum Gasteiger partial charge on any atom is 0.242 e. The van der Waals surface area contributed by atoms with E-state index in [1.165, 1.54) is 18.7 Å². The molecule has 0 bridgehead atoms. The highest BCUT2D eigenvalue weighted by molar-refractivity contribution is 8.00. The number of benzene rings is 3. The Bertz CT molecular complexity index is 991. The molecule has 0 saturated carbocycles. The Morgan fingerprint density at radius 2 is 1.45 bits per heavy atom. The van der Waals surface area contributed by atoms with Gasteiger partial charge in [0.05, 0.1) is 0 Å². The molecular weight excluding hydrogens is 427 g/mol. The maximum atomic E-state index is 13.1. The summed E-state index contributed by atoms with van der Waals surface area (Å²) in [6.45, 7) is 1.46. The lowest BCUT2D eigenvalue weighted by Crippen LogP contribution is -2.19. The second-order valence-electron chi connectivity index (χ2n) is 6.26. The van der Waals surface area contributed by atoms with E-state index in [2.05, 4.69) is 10.6 Å². The fourth-order valence-corrected chi connectivity index (χ4v) is 4.24. The lowest BCUT2D eigenvalue weighted by atomic mass is 10.1. The molecule has 148 valence electrons. The first kappa shape index (κ1) is 21.2. The molecule has 3 aromatic carbocycles. The van der Waals surface area contributed by atoms with Gasteiger partial charge in [-0.3, -0.25) is 9.59 Å². The van der Waals surface area contributed by atoms with Crippen LogP contribution in [-0.2, 0) is 9.59 Å². The van der Waals surface area contributed by atoms with Crippen LogP contribution < -0.4 is 10.6 Å². The summed E-state index contributed by atoms with van der Waals surface area (Å²) < 4.78 is 0. The van der Waals surface area contributed by atoms with Crippen molar-refractivity contribution in [3.05, 3.63) is 88.4 Å². The summed E-state index contributed by atoms with van der Waals surface area (Å²) >= 11 is 13.5. The Kier molecular flexibility index (Phi) is 7.20. The van der Waals surface area contributed by atoms with E-state index in [0.29, 0.717) is 21.4 Å². The molecule has 2 amide bonds. The number of halogens is 2. The summed E-state index contributed by atoms with van der Waals surface area (Å²) in [7, 11) is 0. The van der Waals surface area contributed by atoms with Crippen LogP contribution in [-0.4, -0.2) is 11.8 Å². The zero-order valence-electron chi connectivity index (χ0n) is 15.5. The van der Waals surface area contributed by atoms with Crippen LogP contribution in [0.25, 0.3) is 0 Å². The molecule has 0 fully saturated rings. The molecule has 4 nitrogen and oxygen atoms in total. The zero-order chi connectivity index (χ0) is 20.8. The van der Waals surface area contributed by atoms with Gasteiger partial charge in [0.25, 0.3) is 0 Å². The second kappa shape index (κ2) is 9.83. The molecule has 0 aliphatic carbocycles. The molecule has 3 rings (SSSR count). The number of amides is 2. The van der Waals surface area contributed by atoms with Gasteiger partial charge in [0.1, 0.15) is 5.25 Å². The lowest BCUT2D eigenvalue weighted by Gasteiger charge is -2.17. The molecule has 1 unspecified atom stereocenters. The van der Waals surface area contributed by atoms with E-state index in [-0.39, 0.29) is 11.8 Å². The van der Waals surface area contributed by atoms with Crippen molar-refractivity contribution >= 4 is 58.2 Å². The molecule has 0 heterocycles. The molecule has 1 atom stereocenters. The standard InChI is InChI=1S/C22H18Cl2N2O2S/c1-14(27)25-18-7-9-20(10-8-18)29-21(15-5-3-2-4-6-15)22(28)26-19-12-16(23)11-17(24)13-19/h2-13,21H,1H3,(H,25,27)(H,26,28). The van der Waals surface area contributed by atoms with Gasteiger partial charge in [-0.15, -0.1) is 11.8 Å². The molecule has 0 aromatic heterocycles. The molecule has 3 aromatic rings. The van der Waals surface area contributed by atoms with Gasteiger partial charge in [0.15, 0.2) is 0 Å². The van der Waals surface area contributed by atoms with E-state index in [9.17, 15) is 9.59 Å². The van der Waals surface area contributed by atoms with E-state index in [1.807, 2.05) is 42.5 Å². The highest BCUT2D eigenvalue weighted by Crippen LogP contribution is 2.37. The van der Waals surface area contributed by atoms with Gasteiger partial charge < -0.3 is 10.6 Å². The number of carbonyl (C=O) groups excluding carboxylic acids is 2. The highest BCUT2D eigenvalue weighted by Gasteiger charge is 2.22. The molecule has 0 saturated heterocycles. The van der Waals surface area contributed by atoms with Gasteiger partial charge in [0.2, 0.25) is 11.8 Å². The van der Waals surface area contributed by atoms with Crippen molar-refractivity contribution in [3.8, 4) is 0 Å².